The summed E-state index contributed by atoms with van der Waals surface area (Å²) in [7, 11) is 0. The van der Waals surface area contributed by atoms with Crippen molar-refractivity contribution in [1.29, 1.82) is 0 Å². The van der Waals surface area contributed by atoms with E-state index in [0.717, 1.165) is 5.32 Å². The minimum Gasteiger partial charge on any atom is -0.365 e. The number of carbonyl (C=O) groups excluding carboxylic acids is 2. The van der Waals surface area contributed by atoms with Crippen LogP contribution in [-0.4, -0.2) is 59.7 Å². The molecule has 3 N–H and O–H groups in total. The number of nitrogens with one attached hydrogen (secondary N) is 1. The molecule has 4 nitrogen and oxygen atoms in total. The van der Waals surface area contributed by atoms with Crippen LogP contribution < -0.4 is 11.1 Å². The van der Waals surface area contributed by atoms with Gasteiger partial charge >= 0.3 is 53.8 Å². The van der Waals surface area contributed by atoms with Gasteiger partial charge in [0.15, 0.2) is 0 Å². The molecule has 1 aliphatic carbocycles. The molecule has 43 heavy (non-hydrogen) atoms. The zero-order valence-corrected chi connectivity index (χ0v) is 22.4. The molecule has 0 spiro atoms. The van der Waals surface area contributed by atoms with Gasteiger partial charge in [0.2, 0.25) is 0 Å². The molecule has 248 valence electrons. The largest absolute Gasteiger partial charge is 0.393 e. The Morgan fingerprint density at radius 1 is 0.791 bits per heavy atom. The van der Waals surface area contributed by atoms with Gasteiger partial charge < -0.3 is 11.1 Å². The Balaban J connectivity index is 2.55. The number of halogens is 16. The highest BCUT2D eigenvalue weighted by atomic mass is 32.1. The quantitative estimate of drug-likeness (QED) is 0.250. The third kappa shape index (κ3) is 5.29. The molecule has 1 heterocycles. The summed E-state index contributed by atoms with van der Waals surface area (Å²) < 4.78 is 217. The zero-order chi connectivity index (χ0) is 34.2. The minimum absolute atomic E-state index is 0.00526. The smallest absolute Gasteiger partial charge is 0.365 e. The van der Waals surface area contributed by atoms with Gasteiger partial charge in [0.1, 0.15) is 5.00 Å². The normalized spacial score (nSPS) is 18.1. The van der Waals surface area contributed by atoms with E-state index in [0.29, 0.717) is 6.42 Å². The number of amides is 2. The van der Waals surface area contributed by atoms with Crippen LogP contribution in [0.15, 0.2) is 0 Å². The fourth-order valence-corrected chi connectivity index (χ4v) is 5.46. The lowest BCUT2D eigenvalue weighted by atomic mass is 9.72. The van der Waals surface area contributed by atoms with Crippen LogP contribution in [0.1, 0.15) is 48.0 Å². The molecule has 1 atom stereocenters. The molecule has 0 saturated heterocycles. The standard InChI is InChI=1S/C22H20F16N2O2S/c1-15(2,3)7-4-5-8-9(6-7)43-12(10(8)11(39)41)40-14(42)17(27,28)19(31,32)21(35,36)22(37,38)20(33,34)18(29,30)16(25,26)13(23)24/h7,13H,4-6H2,1-3H3,(H2,39,41)(H,40,42). The van der Waals surface area contributed by atoms with E-state index in [-0.39, 0.29) is 46.0 Å². The van der Waals surface area contributed by atoms with Crippen LogP contribution in [0.2, 0.25) is 0 Å². The lowest BCUT2D eigenvalue weighted by Crippen LogP contribution is -2.74. The molecule has 1 aromatic rings. The predicted molar refractivity (Wildman–Crippen MR) is 117 cm³/mol. The summed E-state index contributed by atoms with van der Waals surface area (Å²) in [5.41, 5.74) is 4.01. The van der Waals surface area contributed by atoms with E-state index in [1.54, 1.807) is 20.8 Å². The number of thiophene rings is 1. The number of rotatable bonds is 10. The molecule has 1 aromatic heterocycles. The number of carbonyl (C=O) groups is 2. The van der Waals surface area contributed by atoms with E-state index in [2.05, 4.69) is 0 Å². The number of anilines is 1. The fraction of sp³-hybridized carbons (Fsp3) is 0.727. The summed E-state index contributed by atoms with van der Waals surface area (Å²) >= 11 is 0.271. The first-order valence-corrected chi connectivity index (χ1v) is 12.4. The maximum Gasteiger partial charge on any atom is 0.393 e. The van der Waals surface area contributed by atoms with E-state index >= 15 is 0 Å². The zero-order valence-electron chi connectivity index (χ0n) is 21.6. The van der Waals surface area contributed by atoms with Gasteiger partial charge in [-0.1, -0.05) is 20.8 Å². The van der Waals surface area contributed by atoms with Gasteiger partial charge in [-0.05, 0) is 36.2 Å². The Hall–Kier alpha value is -2.48. The van der Waals surface area contributed by atoms with Crippen molar-refractivity contribution < 1.29 is 79.8 Å². The van der Waals surface area contributed by atoms with E-state index in [1.165, 1.54) is 0 Å². The minimum atomic E-state index is -8.63. The topological polar surface area (TPSA) is 72.2 Å². The second kappa shape index (κ2) is 10.6. The second-order valence-electron chi connectivity index (χ2n) is 10.7. The Labute approximate surface area is 234 Å². The molecule has 1 aliphatic rings. The van der Waals surface area contributed by atoms with Gasteiger partial charge in [-0.2, -0.15) is 61.5 Å². The van der Waals surface area contributed by atoms with Crippen molar-refractivity contribution in [2.45, 2.75) is 87.9 Å². The van der Waals surface area contributed by atoms with Gasteiger partial charge in [-0.3, -0.25) is 9.59 Å². The summed E-state index contributed by atoms with van der Waals surface area (Å²) in [6.45, 7) is 5.38. The van der Waals surface area contributed by atoms with Crippen molar-refractivity contribution in [2.24, 2.45) is 17.1 Å². The van der Waals surface area contributed by atoms with E-state index in [4.69, 9.17) is 5.73 Å². The third-order valence-electron chi connectivity index (χ3n) is 6.91. The molecule has 2 amide bonds. The van der Waals surface area contributed by atoms with Crippen molar-refractivity contribution in [3.05, 3.63) is 16.0 Å². The highest BCUT2D eigenvalue weighted by molar-refractivity contribution is 7.17. The molecule has 0 fully saturated rings. The maximum absolute atomic E-state index is 14.4. The van der Waals surface area contributed by atoms with Crippen LogP contribution in [0, 0.1) is 11.3 Å². The van der Waals surface area contributed by atoms with Gasteiger partial charge in [0.25, 0.3) is 5.91 Å². The van der Waals surface area contributed by atoms with Crippen molar-refractivity contribution in [3.8, 4) is 0 Å². The molecular weight excluding hydrogens is 660 g/mol. The van der Waals surface area contributed by atoms with Crippen LogP contribution in [-0.2, 0) is 17.6 Å². The van der Waals surface area contributed by atoms with Crippen LogP contribution in [0.3, 0.4) is 0 Å². The number of hydrogen-bond acceptors (Lipinski definition) is 3. The molecule has 0 radical (unpaired) electrons. The van der Waals surface area contributed by atoms with Crippen LogP contribution >= 0.6 is 11.3 Å². The van der Waals surface area contributed by atoms with Crippen LogP contribution in [0.5, 0.6) is 0 Å². The monoisotopic (exact) mass is 680 g/mol. The SMILES string of the molecule is CC(C)(C)C1CCc2c(sc(NC(=O)C(F)(F)C(F)(F)C(F)(F)C(F)(F)C(F)(F)C(F)(F)C(F)(F)C(F)F)c2C(N)=O)C1. The Morgan fingerprint density at radius 3 is 1.65 bits per heavy atom. The molecule has 0 aromatic carbocycles. The first-order chi connectivity index (χ1) is 18.9. The Morgan fingerprint density at radius 2 is 1.23 bits per heavy atom. The lowest BCUT2D eigenvalue weighted by Gasteiger charge is -2.42. The number of primary amides is 1. The highest BCUT2D eigenvalue weighted by Gasteiger charge is 2.94. The summed E-state index contributed by atoms with van der Waals surface area (Å²) in [4.78, 5) is 24.2. The predicted octanol–water partition coefficient (Wildman–Crippen LogP) is 7.65. The summed E-state index contributed by atoms with van der Waals surface area (Å²) in [6, 6.07) is 0. The first-order valence-electron chi connectivity index (χ1n) is 11.5. The van der Waals surface area contributed by atoms with E-state index in [9.17, 15) is 79.8 Å². The fourth-order valence-electron chi connectivity index (χ4n) is 4.13. The van der Waals surface area contributed by atoms with E-state index in [1.807, 2.05) is 0 Å². The summed E-state index contributed by atoms with van der Waals surface area (Å²) in [5.74, 6) is -62.1. The van der Waals surface area contributed by atoms with Crippen LogP contribution in [0.25, 0.3) is 0 Å². The highest BCUT2D eigenvalue weighted by Crippen LogP contribution is 2.63. The van der Waals surface area contributed by atoms with Gasteiger partial charge in [0.05, 0.1) is 5.56 Å². The Kier molecular flexibility index (Phi) is 9.01. The van der Waals surface area contributed by atoms with Gasteiger partial charge in [-0.15, -0.1) is 11.3 Å². The molecule has 21 heteroatoms. The molecule has 0 aliphatic heterocycles. The second-order valence-corrected chi connectivity index (χ2v) is 11.8. The molecule has 2 rings (SSSR count). The van der Waals surface area contributed by atoms with Crippen molar-refractivity contribution in [1.82, 2.24) is 0 Å². The van der Waals surface area contributed by atoms with Crippen molar-refractivity contribution in [3.63, 3.8) is 0 Å². The average molecular weight is 680 g/mol. The van der Waals surface area contributed by atoms with Gasteiger partial charge in [0, 0.05) is 4.88 Å². The van der Waals surface area contributed by atoms with E-state index < -0.39 is 70.3 Å². The Bertz CT molecular complexity index is 1250. The van der Waals surface area contributed by atoms with Crippen molar-refractivity contribution >= 4 is 28.2 Å². The number of nitrogens with two attached hydrogens (primary N) is 1. The molecule has 0 saturated carbocycles. The van der Waals surface area contributed by atoms with Gasteiger partial charge in [-0.25, -0.2) is 8.78 Å². The molecular formula is C22H20F16N2O2S. The van der Waals surface area contributed by atoms with Crippen molar-refractivity contribution in [2.75, 3.05) is 5.32 Å². The molecule has 1 unspecified atom stereocenters. The summed E-state index contributed by atoms with van der Waals surface area (Å²) in [6.07, 6.45) is -5.51. The first kappa shape index (κ1) is 36.7. The number of hydrogen-bond donors (Lipinski definition) is 2. The van der Waals surface area contributed by atoms with Crippen LogP contribution in [0.4, 0.5) is 75.2 Å². The lowest BCUT2D eigenvalue weighted by molar-refractivity contribution is -0.443. The number of alkyl halides is 16. The third-order valence-corrected chi connectivity index (χ3v) is 8.08. The average Bonchev–Trinajstić information content (AvgIpc) is 3.19. The summed E-state index contributed by atoms with van der Waals surface area (Å²) in [5, 5.41) is -0.177. The molecule has 0 bridgehead atoms. The maximum atomic E-state index is 14.4. The number of fused-ring (bicyclic) bond motifs is 1.